The molecule has 0 bridgehead atoms. The van der Waals surface area contributed by atoms with Crippen molar-refractivity contribution in [2.75, 3.05) is 20.2 Å². The van der Waals surface area contributed by atoms with Gasteiger partial charge in [0.2, 0.25) is 11.7 Å². The number of carbonyl (C=O) groups is 1. The molecule has 116 valence electrons. The van der Waals surface area contributed by atoms with E-state index in [2.05, 4.69) is 15.4 Å². The molecule has 3 rings (SSSR count). The summed E-state index contributed by atoms with van der Waals surface area (Å²) < 4.78 is 5.31. The molecule has 0 saturated carbocycles. The lowest BCUT2D eigenvalue weighted by atomic mass is 10.1. The number of methoxy groups -OCH3 is 1. The number of carbonyl (C=O) groups excluding carboxylic acids is 1. The quantitative estimate of drug-likeness (QED) is 0.841. The monoisotopic (exact) mass is 301 g/mol. The Bertz CT molecular complexity index is 620. The molecule has 1 aliphatic rings. The minimum atomic E-state index is 0.0200. The molecule has 0 atom stereocenters. The number of piperidine rings is 1. The minimum Gasteiger partial charge on any atom is -0.381 e. The number of benzene rings is 1. The van der Waals surface area contributed by atoms with Crippen LogP contribution >= 0.6 is 0 Å². The van der Waals surface area contributed by atoms with Crippen LogP contribution in [0.25, 0.3) is 11.4 Å². The van der Waals surface area contributed by atoms with E-state index >= 15 is 0 Å². The highest BCUT2D eigenvalue weighted by molar-refractivity contribution is 5.75. The molecule has 7 heteroatoms. The summed E-state index contributed by atoms with van der Waals surface area (Å²) >= 11 is 0. The van der Waals surface area contributed by atoms with Crippen LogP contribution in [0, 0.1) is 0 Å². The predicted molar refractivity (Wildman–Crippen MR) is 79.9 cm³/mol. The van der Waals surface area contributed by atoms with E-state index < -0.39 is 0 Å². The fourth-order valence-corrected chi connectivity index (χ4v) is 2.57. The maximum absolute atomic E-state index is 12.3. The summed E-state index contributed by atoms with van der Waals surface area (Å²) in [4.78, 5) is 15.5. The summed E-state index contributed by atoms with van der Waals surface area (Å²) in [6, 6.07) is 9.60. The SMILES string of the molecule is COC1CCN(C(=O)Cn2nnc(-c3ccccc3)n2)CC1. The number of hydrogen-bond acceptors (Lipinski definition) is 5. The Kier molecular flexibility index (Phi) is 4.43. The molecule has 1 aliphatic heterocycles. The predicted octanol–water partition coefficient (Wildman–Crippen LogP) is 0.977. The Morgan fingerprint density at radius 1 is 1.27 bits per heavy atom. The average molecular weight is 301 g/mol. The largest absolute Gasteiger partial charge is 0.381 e. The normalized spacial score (nSPS) is 16.0. The van der Waals surface area contributed by atoms with Gasteiger partial charge in [-0.2, -0.15) is 4.80 Å². The topological polar surface area (TPSA) is 73.1 Å². The number of hydrogen-bond donors (Lipinski definition) is 0. The van der Waals surface area contributed by atoms with Crippen LogP contribution < -0.4 is 0 Å². The van der Waals surface area contributed by atoms with Crippen LogP contribution in [0.15, 0.2) is 30.3 Å². The lowest BCUT2D eigenvalue weighted by molar-refractivity contribution is -0.134. The first-order valence-electron chi connectivity index (χ1n) is 7.40. The van der Waals surface area contributed by atoms with E-state index in [4.69, 9.17) is 4.74 Å². The van der Waals surface area contributed by atoms with Crippen molar-refractivity contribution in [1.82, 2.24) is 25.1 Å². The maximum atomic E-state index is 12.3. The second-order valence-corrected chi connectivity index (χ2v) is 5.33. The van der Waals surface area contributed by atoms with Crippen molar-refractivity contribution in [1.29, 1.82) is 0 Å². The zero-order valence-corrected chi connectivity index (χ0v) is 12.6. The number of nitrogens with zero attached hydrogens (tertiary/aromatic N) is 5. The molecule has 0 spiro atoms. The van der Waals surface area contributed by atoms with Crippen molar-refractivity contribution in [2.45, 2.75) is 25.5 Å². The van der Waals surface area contributed by atoms with E-state index in [-0.39, 0.29) is 18.6 Å². The van der Waals surface area contributed by atoms with Crippen LogP contribution in [-0.2, 0) is 16.1 Å². The van der Waals surface area contributed by atoms with Gasteiger partial charge in [-0.15, -0.1) is 10.2 Å². The standard InChI is InChI=1S/C15H19N5O2/c1-22-13-7-9-19(10-8-13)14(21)11-20-17-15(16-18-20)12-5-3-2-4-6-12/h2-6,13H,7-11H2,1H3. The third kappa shape index (κ3) is 3.30. The molecule has 0 N–H and O–H groups in total. The van der Waals surface area contributed by atoms with Crippen LogP contribution in [0.2, 0.25) is 0 Å². The van der Waals surface area contributed by atoms with Gasteiger partial charge in [-0.05, 0) is 18.1 Å². The zero-order chi connectivity index (χ0) is 15.4. The number of tetrazole rings is 1. The van der Waals surface area contributed by atoms with Crippen molar-refractivity contribution >= 4 is 5.91 Å². The summed E-state index contributed by atoms with van der Waals surface area (Å²) in [5, 5.41) is 12.2. The van der Waals surface area contributed by atoms with Gasteiger partial charge >= 0.3 is 0 Å². The minimum absolute atomic E-state index is 0.0200. The van der Waals surface area contributed by atoms with E-state index in [9.17, 15) is 4.79 Å². The second kappa shape index (κ2) is 6.65. The summed E-state index contributed by atoms with van der Waals surface area (Å²) in [6.45, 7) is 1.56. The molecule has 0 unspecified atom stereocenters. The van der Waals surface area contributed by atoms with Gasteiger partial charge in [0.15, 0.2) is 0 Å². The van der Waals surface area contributed by atoms with Crippen molar-refractivity contribution in [2.24, 2.45) is 0 Å². The molecule has 2 heterocycles. The van der Waals surface area contributed by atoms with E-state index in [0.29, 0.717) is 5.82 Å². The van der Waals surface area contributed by atoms with Gasteiger partial charge in [0.1, 0.15) is 6.54 Å². The molecule has 7 nitrogen and oxygen atoms in total. The van der Waals surface area contributed by atoms with Gasteiger partial charge < -0.3 is 9.64 Å². The fourth-order valence-electron chi connectivity index (χ4n) is 2.57. The van der Waals surface area contributed by atoms with Crippen LogP contribution in [0.5, 0.6) is 0 Å². The Morgan fingerprint density at radius 2 is 2.00 bits per heavy atom. The molecular formula is C15H19N5O2. The first-order chi connectivity index (χ1) is 10.8. The van der Waals surface area contributed by atoms with Crippen LogP contribution in [0.1, 0.15) is 12.8 Å². The first kappa shape index (κ1) is 14.6. The van der Waals surface area contributed by atoms with Gasteiger partial charge in [-0.3, -0.25) is 4.79 Å². The van der Waals surface area contributed by atoms with Gasteiger partial charge in [-0.25, -0.2) is 0 Å². The third-order valence-corrected chi connectivity index (χ3v) is 3.89. The molecule has 0 radical (unpaired) electrons. The number of likely N-dealkylation sites (tertiary alicyclic amines) is 1. The first-order valence-corrected chi connectivity index (χ1v) is 7.40. The van der Waals surface area contributed by atoms with E-state index in [1.807, 2.05) is 35.2 Å². The molecule has 2 aromatic rings. The van der Waals surface area contributed by atoms with Crippen molar-refractivity contribution in [3.63, 3.8) is 0 Å². The smallest absolute Gasteiger partial charge is 0.246 e. The highest BCUT2D eigenvalue weighted by atomic mass is 16.5. The summed E-state index contributed by atoms with van der Waals surface area (Å²) in [6.07, 6.45) is 2.02. The highest BCUT2D eigenvalue weighted by Gasteiger charge is 2.23. The third-order valence-electron chi connectivity index (χ3n) is 3.89. The Labute approximate surface area is 128 Å². The number of rotatable bonds is 4. The Morgan fingerprint density at radius 3 is 2.68 bits per heavy atom. The second-order valence-electron chi connectivity index (χ2n) is 5.33. The summed E-state index contributed by atoms with van der Waals surface area (Å²) in [7, 11) is 1.71. The van der Waals surface area contributed by atoms with Crippen molar-refractivity contribution in [3.05, 3.63) is 30.3 Å². The van der Waals surface area contributed by atoms with Crippen LogP contribution in [-0.4, -0.2) is 57.3 Å². The molecule has 1 aromatic heterocycles. The highest BCUT2D eigenvalue weighted by Crippen LogP contribution is 2.14. The number of ether oxygens (including phenoxy) is 1. The zero-order valence-electron chi connectivity index (χ0n) is 12.6. The van der Waals surface area contributed by atoms with Gasteiger partial charge in [0, 0.05) is 25.8 Å². The lowest BCUT2D eigenvalue weighted by Gasteiger charge is -2.31. The lowest BCUT2D eigenvalue weighted by Crippen LogP contribution is -2.42. The fraction of sp³-hybridized carbons (Fsp3) is 0.467. The van der Waals surface area contributed by atoms with Gasteiger partial charge in [0.05, 0.1) is 6.10 Å². The maximum Gasteiger partial charge on any atom is 0.246 e. The molecule has 22 heavy (non-hydrogen) atoms. The van der Waals surface area contributed by atoms with Gasteiger partial charge in [-0.1, -0.05) is 30.3 Å². The van der Waals surface area contributed by atoms with E-state index in [0.717, 1.165) is 31.5 Å². The number of amides is 1. The Balaban J connectivity index is 1.60. The summed E-state index contributed by atoms with van der Waals surface area (Å²) in [5.41, 5.74) is 0.891. The molecular weight excluding hydrogens is 282 g/mol. The number of aromatic nitrogens is 4. The molecule has 1 fully saturated rings. The van der Waals surface area contributed by atoms with Crippen molar-refractivity contribution in [3.8, 4) is 11.4 Å². The van der Waals surface area contributed by atoms with Crippen LogP contribution in [0.3, 0.4) is 0 Å². The molecule has 1 saturated heterocycles. The van der Waals surface area contributed by atoms with E-state index in [1.54, 1.807) is 7.11 Å². The Hall–Kier alpha value is -2.28. The molecule has 1 aromatic carbocycles. The van der Waals surface area contributed by atoms with E-state index in [1.165, 1.54) is 4.80 Å². The summed E-state index contributed by atoms with van der Waals surface area (Å²) in [5.74, 6) is 0.554. The van der Waals surface area contributed by atoms with Gasteiger partial charge in [0.25, 0.3) is 0 Å². The van der Waals surface area contributed by atoms with Crippen molar-refractivity contribution < 1.29 is 9.53 Å². The average Bonchev–Trinajstić information content (AvgIpc) is 3.04. The molecule has 1 amide bonds. The molecule has 0 aliphatic carbocycles. The van der Waals surface area contributed by atoms with Crippen LogP contribution in [0.4, 0.5) is 0 Å².